The van der Waals surface area contributed by atoms with Gasteiger partial charge in [-0.15, -0.1) is 0 Å². The first-order chi connectivity index (χ1) is 10.7. The largest absolute Gasteiger partial charge is 0.377 e. The Morgan fingerprint density at radius 3 is 3.09 bits per heavy atom. The number of hydrogen-bond donors (Lipinski definition) is 2. The van der Waals surface area contributed by atoms with E-state index in [-0.39, 0.29) is 12.1 Å². The molecule has 2 N–H and O–H groups in total. The van der Waals surface area contributed by atoms with Crippen molar-refractivity contribution >= 4 is 17.6 Å². The van der Waals surface area contributed by atoms with Gasteiger partial charge in [0.05, 0.1) is 19.3 Å². The lowest BCUT2D eigenvalue weighted by molar-refractivity contribution is 0.153. The van der Waals surface area contributed by atoms with Crippen molar-refractivity contribution in [1.29, 1.82) is 0 Å². The number of rotatable bonds is 3. The van der Waals surface area contributed by atoms with E-state index in [1.54, 1.807) is 0 Å². The van der Waals surface area contributed by atoms with Gasteiger partial charge in [0.15, 0.2) is 0 Å². The van der Waals surface area contributed by atoms with Gasteiger partial charge >= 0.3 is 6.03 Å². The van der Waals surface area contributed by atoms with E-state index in [1.165, 1.54) is 11.1 Å². The summed E-state index contributed by atoms with van der Waals surface area (Å²) in [4.78, 5) is 12.1. The number of carbonyl (C=O) groups is 1. The standard InChI is InChI=1S/C17H21ClN2O2/c18-14-5-4-13-2-1-3-16(15(13)10-14)20-17(21)19-11-12-6-8-22-9-7-12/h4-6,10,16H,1-3,7-9,11H2,(H2,19,20,21)/t16-/m1/s1. The molecule has 0 fully saturated rings. The van der Waals surface area contributed by atoms with Gasteiger partial charge in [-0.25, -0.2) is 4.79 Å². The van der Waals surface area contributed by atoms with Crippen molar-refractivity contribution in [3.8, 4) is 0 Å². The van der Waals surface area contributed by atoms with Gasteiger partial charge in [-0.3, -0.25) is 0 Å². The summed E-state index contributed by atoms with van der Waals surface area (Å²) >= 11 is 6.09. The summed E-state index contributed by atoms with van der Waals surface area (Å²) in [6.45, 7) is 1.97. The molecule has 1 heterocycles. The van der Waals surface area contributed by atoms with Crippen LogP contribution in [-0.2, 0) is 11.2 Å². The summed E-state index contributed by atoms with van der Waals surface area (Å²) in [5.41, 5.74) is 3.67. The Morgan fingerprint density at radius 1 is 1.36 bits per heavy atom. The second-order valence-electron chi connectivity index (χ2n) is 5.80. The predicted molar refractivity (Wildman–Crippen MR) is 87.2 cm³/mol. The average molecular weight is 321 g/mol. The van der Waals surface area contributed by atoms with Crippen LogP contribution in [0.15, 0.2) is 29.8 Å². The average Bonchev–Trinajstić information content (AvgIpc) is 2.54. The Kier molecular flexibility index (Phi) is 5.01. The molecule has 1 aliphatic carbocycles. The molecule has 1 aromatic carbocycles. The number of benzene rings is 1. The van der Waals surface area contributed by atoms with Gasteiger partial charge in [-0.2, -0.15) is 0 Å². The second kappa shape index (κ2) is 7.16. The van der Waals surface area contributed by atoms with Crippen molar-refractivity contribution in [2.75, 3.05) is 19.8 Å². The molecule has 118 valence electrons. The summed E-state index contributed by atoms with van der Waals surface area (Å²) in [6.07, 6.45) is 6.03. The maximum absolute atomic E-state index is 12.1. The van der Waals surface area contributed by atoms with Crippen LogP contribution < -0.4 is 10.6 Å². The second-order valence-corrected chi connectivity index (χ2v) is 6.24. The fraction of sp³-hybridized carbons (Fsp3) is 0.471. The summed E-state index contributed by atoms with van der Waals surface area (Å²) < 4.78 is 5.26. The Morgan fingerprint density at radius 2 is 2.27 bits per heavy atom. The summed E-state index contributed by atoms with van der Waals surface area (Å²) in [5.74, 6) is 0. The van der Waals surface area contributed by atoms with E-state index in [4.69, 9.17) is 16.3 Å². The zero-order valence-corrected chi connectivity index (χ0v) is 13.3. The first kappa shape index (κ1) is 15.4. The number of hydrogen-bond acceptors (Lipinski definition) is 2. The third kappa shape index (κ3) is 3.81. The molecule has 0 radical (unpaired) electrons. The van der Waals surface area contributed by atoms with Gasteiger partial charge in [0.25, 0.3) is 0 Å². The topological polar surface area (TPSA) is 50.4 Å². The number of fused-ring (bicyclic) bond motifs is 1. The highest BCUT2D eigenvalue weighted by Crippen LogP contribution is 2.31. The third-order valence-corrected chi connectivity index (χ3v) is 4.50. The number of ether oxygens (including phenoxy) is 1. The maximum Gasteiger partial charge on any atom is 0.315 e. The summed E-state index contributed by atoms with van der Waals surface area (Å²) in [6, 6.07) is 5.88. The molecular formula is C17H21ClN2O2. The van der Waals surface area contributed by atoms with Gasteiger partial charge in [0, 0.05) is 11.6 Å². The van der Waals surface area contributed by atoms with Gasteiger partial charge in [-0.1, -0.05) is 29.3 Å². The van der Waals surface area contributed by atoms with Crippen LogP contribution in [0, 0.1) is 0 Å². The molecule has 2 amide bonds. The number of amides is 2. The van der Waals surface area contributed by atoms with Crippen LogP contribution in [0.4, 0.5) is 4.79 Å². The van der Waals surface area contributed by atoms with Crippen molar-refractivity contribution in [2.45, 2.75) is 31.7 Å². The predicted octanol–water partition coefficient (Wildman–Crippen LogP) is 3.36. The molecule has 1 aromatic rings. The first-order valence-electron chi connectivity index (χ1n) is 7.81. The highest BCUT2D eigenvalue weighted by molar-refractivity contribution is 6.30. The molecule has 0 spiro atoms. The minimum absolute atomic E-state index is 0.0473. The SMILES string of the molecule is O=C(NCC1=CCOCC1)N[C@@H]1CCCc2ccc(Cl)cc21. The van der Waals surface area contributed by atoms with Crippen molar-refractivity contribution in [2.24, 2.45) is 0 Å². The van der Waals surface area contributed by atoms with E-state index in [9.17, 15) is 4.79 Å². The third-order valence-electron chi connectivity index (χ3n) is 4.26. The normalized spacial score (nSPS) is 20.8. The molecule has 1 atom stereocenters. The molecule has 0 unspecified atom stereocenters. The molecule has 5 heteroatoms. The molecule has 4 nitrogen and oxygen atoms in total. The lowest BCUT2D eigenvalue weighted by Crippen LogP contribution is -2.40. The Hall–Kier alpha value is -1.52. The minimum atomic E-state index is -0.120. The quantitative estimate of drug-likeness (QED) is 0.839. The lowest BCUT2D eigenvalue weighted by Gasteiger charge is -2.27. The van der Waals surface area contributed by atoms with Crippen molar-refractivity contribution in [3.63, 3.8) is 0 Å². The molecule has 0 bridgehead atoms. The van der Waals surface area contributed by atoms with Crippen LogP contribution >= 0.6 is 11.6 Å². The Balaban J connectivity index is 1.58. The van der Waals surface area contributed by atoms with Gasteiger partial charge in [0.2, 0.25) is 0 Å². The molecule has 0 aromatic heterocycles. The van der Waals surface area contributed by atoms with E-state index < -0.39 is 0 Å². The fourth-order valence-electron chi connectivity index (χ4n) is 3.05. The number of halogens is 1. The lowest BCUT2D eigenvalue weighted by atomic mass is 9.88. The van der Waals surface area contributed by atoms with E-state index >= 15 is 0 Å². The summed E-state index contributed by atoms with van der Waals surface area (Å²) in [5, 5.41) is 6.74. The van der Waals surface area contributed by atoms with E-state index in [0.29, 0.717) is 13.2 Å². The van der Waals surface area contributed by atoms with Crippen molar-refractivity contribution < 1.29 is 9.53 Å². The molecule has 1 aliphatic heterocycles. The van der Waals surface area contributed by atoms with Crippen LogP contribution in [0.1, 0.15) is 36.4 Å². The van der Waals surface area contributed by atoms with E-state index in [0.717, 1.165) is 42.9 Å². The summed E-state index contributed by atoms with van der Waals surface area (Å²) in [7, 11) is 0. The van der Waals surface area contributed by atoms with Crippen LogP contribution in [-0.4, -0.2) is 25.8 Å². The molecule has 2 aliphatic rings. The molecule has 3 rings (SSSR count). The Labute approximate surface area is 135 Å². The van der Waals surface area contributed by atoms with Gasteiger partial charge in [-0.05, 0) is 48.9 Å². The number of nitrogens with one attached hydrogen (secondary N) is 2. The number of carbonyl (C=O) groups excluding carboxylic acids is 1. The van der Waals surface area contributed by atoms with Crippen LogP contribution in [0.25, 0.3) is 0 Å². The van der Waals surface area contributed by atoms with Crippen molar-refractivity contribution in [1.82, 2.24) is 10.6 Å². The monoisotopic (exact) mass is 320 g/mol. The van der Waals surface area contributed by atoms with Gasteiger partial charge < -0.3 is 15.4 Å². The van der Waals surface area contributed by atoms with E-state index in [1.807, 2.05) is 18.2 Å². The fourth-order valence-corrected chi connectivity index (χ4v) is 3.23. The first-order valence-corrected chi connectivity index (χ1v) is 8.18. The van der Waals surface area contributed by atoms with Crippen LogP contribution in [0.3, 0.4) is 0 Å². The van der Waals surface area contributed by atoms with Crippen LogP contribution in [0.5, 0.6) is 0 Å². The van der Waals surface area contributed by atoms with Gasteiger partial charge in [0.1, 0.15) is 0 Å². The highest BCUT2D eigenvalue weighted by atomic mass is 35.5. The minimum Gasteiger partial charge on any atom is -0.377 e. The maximum atomic E-state index is 12.1. The highest BCUT2D eigenvalue weighted by Gasteiger charge is 2.22. The number of urea groups is 1. The molecular weight excluding hydrogens is 300 g/mol. The Bertz CT molecular complexity index is 586. The molecule has 0 saturated heterocycles. The zero-order valence-electron chi connectivity index (χ0n) is 12.5. The molecule has 0 saturated carbocycles. The molecule has 22 heavy (non-hydrogen) atoms. The number of aryl methyl sites for hydroxylation is 1. The van der Waals surface area contributed by atoms with Crippen LogP contribution in [0.2, 0.25) is 5.02 Å². The van der Waals surface area contributed by atoms with Crippen molar-refractivity contribution in [3.05, 3.63) is 46.0 Å². The zero-order chi connectivity index (χ0) is 15.4. The van der Waals surface area contributed by atoms with E-state index in [2.05, 4.69) is 16.7 Å². The smallest absolute Gasteiger partial charge is 0.315 e.